The van der Waals surface area contributed by atoms with Crippen LogP contribution in [-0.2, 0) is 4.79 Å². The number of anilines is 1. The summed E-state index contributed by atoms with van der Waals surface area (Å²) < 4.78 is 35.0. The van der Waals surface area contributed by atoms with Gasteiger partial charge in [0.15, 0.2) is 11.5 Å². The van der Waals surface area contributed by atoms with E-state index < -0.39 is 6.29 Å². The molecule has 102 valence electrons. The first-order valence-electron chi connectivity index (χ1n) is 5.89. The zero-order chi connectivity index (χ0) is 13.6. The van der Waals surface area contributed by atoms with E-state index in [4.69, 9.17) is 5.73 Å². The van der Waals surface area contributed by atoms with Crippen molar-refractivity contribution in [3.8, 4) is 11.5 Å². The molecule has 1 unspecified atom stereocenters. The van der Waals surface area contributed by atoms with Crippen molar-refractivity contribution in [2.45, 2.75) is 12.7 Å². The summed E-state index contributed by atoms with van der Waals surface area (Å²) in [5, 5.41) is 0. The predicted molar refractivity (Wildman–Crippen MR) is 62.2 cm³/mol. The van der Waals surface area contributed by atoms with Crippen molar-refractivity contribution in [2.75, 3.05) is 18.0 Å². The van der Waals surface area contributed by atoms with E-state index in [1.807, 2.05) is 0 Å². The lowest BCUT2D eigenvalue weighted by Gasteiger charge is -2.18. The molecular weight excluding hydrogens is 258 g/mol. The van der Waals surface area contributed by atoms with Crippen LogP contribution >= 0.6 is 0 Å². The first-order chi connectivity index (χ1) is 9.00. The van der Waals surface area contributed by atoms with E-state index in [0.29, 0.717) is 25.2 Å². The number of ether oxygens (including phenoxy) is 2. The van der Waals surface area contributed by atoms with Crippen LogP contribution in [0.25, 0.3) is 0 Å². The van der Waals surface area contributed by atoms with Gasteiger partial charge in [0.25, 0.3) is 0 Å². The topological polar surface area (TPSA) is 64.8 Å². The quantitative estimate of drug-likeness (QED) is 0.880. The largest absolute Gasteiger partial charge is 0.586 e. The summed E-state index contributed by atoms with van der Waals surface area (Å²) in [6.45, 7) is 0.783. The molecule has 2 N–H and O–H groups in total. The van der Waals surface area contributed by atoms with Crippen LogP contribution in [0.15, 0.2) is 18.2 Å². The average molecular weight is 270 g/mol. The second-order valence-corrected chi connectivity index (χ2v) is 4.58. The van der Waals surface area contributed by atoms with Gasteiger partial charge in [-0.1, -0.05) is 6.07 Å². The number of alkyl halides is 2. The van der Waals surface area contributed by atoms with Gasteiger partial charge in [-0.2, -0.15) is 0 Å². The van der Waals surface area contributed by atoms with Crippen LogP contribution in [-0.4, -0.2) is 25.3 Å². The molecular formula is C12H12F2N2O3. The molecule has 1 atom stereocenters. The zero-order valence-electron chi connectivity index (χ0n) is 9.94. The Bertz CT molecular complexity index is 536. The summed E-state index contributed by atoms with van der Waals surface area (Å²) in [7, 11) is 0. The lowest BCUT2D eigenvalue weighted by molar-refractivity contribution is -0.286. The number of nitrogens with zero attached hydrogens (tertiary/aromatic N) is 1. The van der Waals surface area contributed by atoms with Gasteiger partial charge in [-0.05, 0) is 24.6 Å². The number of amides is 1. The SMILES string of the molecule is NCC1CC(=O)N(c2cccc3c2OC(F)(F)O3)C1. The molecule has 0 bridgehead atoms. The summed E-state index contributed by atoms with van der Waals surface area (Å²) in [4.78, 5) is 13.3. The molecule has 1 aromatic rings. The van der Waals surface area contributed by atoms with Gasteiger partial charge in [0.05, 0.1) is 5.69 Å². The van der Waals surface area contributed by atoms with E-state index in [1.54, 1.807) is 12.1 Å². The lowest BCUT2D eigenvalue weighted by Crippen LogP contribution is -2.28. The van der Waals surface area contributed by atoms with Crippen LogP contribution in [0.1, 0.15) is 6.42 Å². The fraction of sp³-hybridized carbons (Fsp3) is 0.417. The highest BCUT2D eigenvalue weighted by atomic mass is 19.3. The van der Waals surface area contributed by atoms with E-state index in [1.165, 1.54) is 11.0 Å². The van der Waals surface area contributed by atoms with E-state index in [0.717, 1.165) is 0 Å². The van der Waals surface area contributed by atoms with E-state index in [9.17, 15) is 13.6 Å². The molecule has 1 saturated heterocycles. The van der Waals surface area contributed by atoms with Gasteiger partial charge in [0.2, 0.25) is 5.91 Å². The number of fused-ring (bicyclic) bond motifs is 1. The Morgan fingerprint density at radius 2 is 2.21 bits per heavy atom. The van der Waals surface area contributed by atoms with Gasteiger partial charge in [-0.25, -0.2) is 0 Å². The van der Waals surface area contributed by atoms with Gasteiger partial charge in [-0.15, -0.1) is 8.78 Å². The Kier molecular flexibility index (Phi) is 2.60. The Morgan fingerprint density at radius 1 is 1.42 bits per heavy atom. The van der Waals surface area contributed by atoms with Gasteiger partial charge in [-0.3, -0.25) is 4.79 Å². The van der Waals surface area contributed by atoms with Crippen LogP contribution in [0.4, 0.5) is 14.5 Å². The van der Waals surface area contributed by atoms with Gasteiger partial charge in [0.1, 0.15) is 0 Å². The zero-order valence-corrected chi connectivity index (χ0v) is 9.94. The second-order valence-electron chi connectivity index (χ2n) is 4.58. The number of carbonyl (C=O) groups is 1. The smallest absolute Gasteiger partial charge is 0.395 e. The highest BCUT2D eigenvalue weighted by molar-refractivity contribution is 5.97. The Hall–Kier alpha value is -1.89. The fourth-order valence-electron chi connectivity index (χ4n) is 2.34. The monoisotopic (exact) mass is 270 g/mol. The van der Waals surface area contributed by atoms with Crippen LogP contribution < -0.4 is 20.1 Å². The van der Waals surface area contributed by atoms with Gasteiger partial charge in [0, 0.05) is 13.0 Å². The van der Waals surface area contributed by atoms with Crippen molar-refractivity contribution in [1.82, 2.24) is 0 Å². The Labute approximate surface area is 107 Å². The molecule has 19 heavy (non-hydrogen) atoms. The molecule has 0 aliphatic carbocycles. The second kappa shape index (κ2) is 4.06. The summed E-state index contributed by atoms with van der Waals surface area (Å²) in [5.41, 5.74) is 5.84. The number of carbonyl (C=O) groups excluding carboxylic acids is 1. The molecule has 7 heteroatoms. The minimum absolute atomic E-state index is 0.0335. The molecule has 0 aromatic heterocycles. The molecule has 2 aliphatic heterocycles. The minimum Gasteiger partial charge on any atom is -0.395 e. The number of halogens is 2. The van der Waals surface area contributed by atoms with Crippen LogP contribution in [0.2, 0.25) is 0 Å². The molecule has 1 amide bonds. The van der Waals surface area contributed by atoms with Crippen molar-refractivity contribution < 1.29 is 23.0 Å². The van der Waals surface area contributed by atoms with Crippen LogP contribution in [0.3, 0.4) is 0 Å². The molecule has 5 nitrogen and oxygen atoms in total. The number of benzene rings is 1. The Balaban J connectivity index is 1.96. The third-order valence-electron chi connectivity index (χ3n) is 3.24. The first kappa shape index (κ1) is 12.2. The summed E-state index contributed by atoms with van der Waals surface area (Å²) in [5.74, 6) is -0.279. The maximum atomic E-state index is 13.1. The van der Waals surface area contributed by atoms with Gasteiger partial charge >= 0.3 is 6.29 Å². The highest BCUT2D eigenvalue weighted by Gasteiger charge is 2.46. The number of para-hydroxylation sites is 1. The highest BCUT2D eigenvalue weighted by Crippen LogP contribution is 2.47. The van der Waals surface area contributed by atoms with Crippen molar-refractivity contribution in [3.05, 3.63) is 18.2 Å². The standard InChI is InChI=1S/C12H12F2N2O3/c13-12(14)18-9-3-1-2-8(11(9)19-12)16-6-7(5-15)4-10(16)17/h1-3,7H,4-6,15H2. The third-order valence-corrected chi connectivity index (χ3v) is 3.24. The molecule has 1 fully saturated rings. The summed E-state index contributed by atoms with van der Waals surface area (Å²) in [6.07, 6.45) is -3.37. The van der Waals surface area contributed by atoms with Crippen molar-refractivity contribution in [2.24, 2.45) is 11.7 Å². The summed E-state index contributed by atoms with van der Waals surface area (Å²) >= 11 is 0. The molecule has 0 saturated carbocycles. The number of nitrogens with two attached hydrogens (primary N) is 1. The number of hydrogen-bond acceptors (Lipinski definition) is 4. The molecule has 2 aliphatic rings. The minimum atomic E-state index is -3.69. The van der Waals surface area contributed by atoms with Gasteiger partial charge < -0.3 is 20.1 Å². The lowest BCUT2D eigenvalue weighted by atomic mass is 10.1. The molecule has 3 rings (SSSR count). The van der Waals surface area contributed by atoms with E-state index in [-0.39, 0.29) is 23.3 Å². The van der Waals surface area contributed by atoms with Crippen LogP contribution in [0, 0.1) is 5.92 Å². The molecule has 2 heterocycles. The number of hydrogen-bond donors (Lipinski definition) is 1. The predicted octanol–water partition coefficient (Wildman–Crippen LogP) is 1.32. The van der Waals surface area contributed by atoms with Crippen molar-refractivity contribution in [1.29, 1.82) is 0 Å². The average Bonchev–Trinajstić information content (AvgIpc) is 2.86. The molecule has 0 spiro atoms. The molecule has 0 radical (unpaired) electrons. The fourth-order valence-corrected chi connectivity index (χ4v) is 2.34. The maximum Gasteiger partial charge on any atom is 0.586 e. The Morgan fingerprint density at radius 3 is 2.89 bits per heavy atom. The van der Waals surface area contributed by atoms with Crippen LogP contribution in [0.5, 0.6) is 11.5 Å². The number of rotatable bonds is 2. The van der Waals surface area contributed by atoms with Crippen molar-refractivity contribution in [3.63, 3.8) is 0 Å². The normalized spacial score (nSPS) is 24.1. The van der Waals surface area contributed by atoms with E-state index in [2.05, 4.69) is 9.47 Å². The maximum absolute atomic E-state index is 13.1. The van der Waals surface area contributed by atoms with Crippen molar-refractivity contribution >= 4 is 11.6 Å². The summed E-state index contributed by atoms with van der Waals surface area (Å²) in [6, 6.07) is 4.48. The molecule has 1 aromatic carbocycles. The van der Waals surface area contributed by atoms with E-state index >= 15 is 0 Å². The first-order valence-corrected chi connectivity index (χ1v) is 5.89. The third kappa shape index (κ3) is 1.99.